The number of rotatable bonds is 8. The largest absolute Gasteiger partial charge is 0.421 e. The lowest BCUT2D eigenvalue weighted by Crippen LogP contribution is -2.34. The van der Waals surface area contributed by atoms with E-state index in [0.29, 0.717) is 40.9 Å². The first-order valence-corrected chi connectivity index (χ1v) is 19.6. The van der Waals surface area contributed by atoms with E-state index in [9.17, 15) is 8.42 Å². The van der Waals surface area contributed by atoms with E-state index in [1.807, 2.05) is 18.3 Å². The summed E-state index contributed by atoms with van der Waals surface area (Å²) in [6.07, 6.45) is 8.68. The van der Waals surface area contributed by atoms with Crippen LogP contribution in [0.1, 0.15) is 93.9 Å². The highest BCUT2D eigenvalue weighted by Crippen LogP contribution is 2.51. The molecule has 256 valence electrons. The predicted octanol–water partition coefficient (Wildman–Crippen LogP) is 7.27. The third-order valence-corrected chi connectivity index (χ3v) is 13.3. The molecule has 11 nitrogen and oxygen atoms in total. The van der Waals surface area contributed by atoms with Gasteiger partial charge in [0, 0.05) is 41.8 Å². The highest BCUT2D eigenvalue weighted by molar-refractivity contribution is 7.92. The maximum atomic E-state index is 14.2. The number of nitrogens with zero attached hydrogens (tertiary/aromatic N) is 6. The topological polar surface area (TPSA) is 146 Å². The Hall–Kier alpha value is -3.81. The van der Waals surface area contributed by atoms with E-state index in [2.05, 4.69) is 64.2 Å². The van der Waals surface area contributed by atoms with Gasteiger partial charge in [-0.25, -0.2) is 18.4 Å². The number of nitrogens with one attached hydrogen (secondary N) is 1. The molecule has 1 aliphatic carbocycles. The SMILES string of the molecule is Cc1nnc(-c2c(CCC3CCOC(C)(C)C3)nc3c(c2-c2cc4ncnc(NC5CCc6ncccc65)c4s2)S(=O)(=O)CC3C(C)C)o1. The van der Waals surface area contributed by atoms with Crippen LogP contribution in [0.5, 0.6) is 0 Å². The molecule has 1 N–H and O–H groups in total. The summed E-state index contributed by atoms with van der Waals surface area (Å²) in [5.41, 5.74) is 5.46. The second-order valence-electron chi connectivity index (χ2n) is 14.6. The van der Waals surface area contributed by atoms with Crippen LogP contribution in [0, 0.1) is 18.8 Å². The zero-order valence-corrected chi connectivity index (χ0v) is 30.1. The number of fused-ring (bicyclic) bond motifs is 3. The molecule has 3 unspecified atom stereocenters. The van der Waals surface area contributed by atoms with Gasteiger partial charge in [0.1, 0.15) is 12.1 Å². The second-order valence-corrected chi connectivity index (χ2v) is 17.6. The van der Waals surface area contributed by atoms with E-state index in [1.165, 1.54) is 16.9 Å². The van der Waals surface area contributed by atoms with Crippen LogP contribution in [0.25, 0.3) is 32.1 Å². The number of thiophene rings is 1. The van der Waals surface area contributed by atoms with Crippen LogP contribution < -0.4 is 5.32 Å². The molecular formula is C36H41N7O4S2. The number of hydrogen-bond donors (Lipinski definition) is 1. The van der Waals surface area contributed by atoms with Crippen molar-refractivity contribution in [3.8, 4) is 21.9 Å². The lowest BCUT2D eigenvalue weighted by Gasteiger charge is -2.35. The van der Waals surface area contributed by atoms with Gasteiger partial charge in [0.15, 0.2) is 9.84 Å². The Morgan fingerprint density at radius 1 is 1.12 bits per heavy atom. The molecule has 13 heteroatoms. The standard InChI is InChI=1S/C36H41N7O4S2/c1-19(2)23-17-49(44,45)33-30(28-15-27-32(48-28)34(39-18-38-27)41-25-11-10-24-22(25)7-6-13-37-24)29(35-43-42-20(3)47-35)26(40-31(23)33)9-8-21-12-14-46-36(4,5)16-21/h6-7,13,15,18-19,21,23,25H,8-12,14,16-17H2,1-5H3,(H,38,39,41). The summed E-state index contributed by atoms with van der Waals surface area (Å²) in [6.45, 7) is 10.9. The molecule has 7 heterocycles. The fraction of sp³-hybridized carbons (Fsp3) is 0.500. The van der Waals surface area contributed by atoms with E-state index in [1.54, 1.807) is 13.3 Å². The summed E-state index contributed by atoms with van der Waals surface area (Å²) in [6, 6.07) is 6.13. The average Bonchev–Trinajstić information content (AvgIpc) is 3.84. The van der Waals surface area contributed by atoms with E-state index in [-0.39, 0.29) is 40.0 Å². The highest BCUT2D eigenvalue weighted by Gasteiger charge is 2.43. The molecule has 3 aliphatic rings. The van der Waals surface area contributed by atoms with Gasteiger partial charge in [0.2, 0.25) is 11.8 Å². The molecule has 5 aromatic heterocycles. The van der Waals surface area contributed by atoms with E-state index < -0.39 is 9.84 Å². The maximum Gasteiger partial charge on any atom is 0.250 e. The summed E-state index contributed by atoms with van der Waals surface area (Å²) in [7, 11) is -3.69. The minimum atomic E-state index is -3.69. The van der Waals surface area contributed by atoms with Crippen LogP contribution in [0.2, 0.25) is 0 Å². The normalized spacial score (nSPS) is 22.4. The molecule has 1 fully saturated rings. The van der Waals surface area contributed by atoms with Crippen LogP contribution in [0.4, 0.5) is 5.82 Å². The van der Waals surface area contributed by atoms with Gasteiger partial charge < -0.3 is 14.5 Å². The molecule has 0 aromatic carbocycles. The summed E-state index contributed by atoms with van der Waals surface area (Å²) >= 11 is 1.49. The molecule has 0 spiro atoms. The molecule has 2 aliphatic heterocycles. The maximum absolute atomic E-state index is 14.2. The first kappa shape index (κ1) is 32.4. The predicted molar refractivity (Wildman–Crippen MR) is 188 cm³/mol. The molecule has 0 amide bonds. The van der Waals surface area contributed by atoms with E-state index >= 15 is 0 Å². The number of ether oxygens (including phenoxy) is 1. The van der Waals surface area contributed by atoms with Crippen molar-refractivity contribution in [2.24, 2.45) is 11.8 Å². The fourth-order valence-electron chi connectivity index (χ4n) is 7.91. The molecule has 8 rings (SSSR count). The summed E-state index contributed by atoms with van der Waals surface area (Å²) < 4.78 is 41.4. The Morgan fingerprint density at radius 2 is 1.98 bits per heavy atom. The van der Waals surface area contributed by atoms with E-state index in [4.69, 9.17) is 14.1 Å². The number of pyridine rings is 2. The number of sulfone groups is 1. The number of anilines is 1. The van der Waals surface area contributed by atoms with Gasteiger partial charge in [-0.1, -0.05) is 19.9 Å². The van der Waals surface area contributed by atoms with Crippen molar-refractivity contribution in [3.05, 3.63) is 59.3 Å². The van der Waals surface area contributed by atoms with Gasteiger partial charge in [-0.15, -0.1) is 21.5 Å². The molecule has 5 aromatic rings. The van der Waals surface area contributed by atoms with Crippen LogP contribution in [0.15, 0.2) is 40.0 Å². The van der Waals surface area contributed by atoms with Crippen molar-refractivity contribution >= 4 is 37.2 Å². The first-order chi connectivity index (χ1) is 23.5. The fourth-order valence-corrected chi connectivity index (χ4v) is 11.3. The third-order valence-electron chi connectivity index (χ3n) is 10.3. The Bertz CT molecular complexity index is 2180. The zero-order valence-electron chi connectivity index (χ0n) is 28.5. The first-order valence-electron chi connectivity index (χ1n) is 17.2. The van der Waals surface area contributed by atoms with Crippen molar-refractivity contribution in [2.45, 2.75) is 95.6 Å². The van der Waals surface area contributed by atoms with Gasteiger partial charge >= 0.3 is 0 Å². The van der Waals surface area contributed by atoms with Crippen molar-refractivity contribution in [2.75, 3.05) is 17.7 Å². The molecule has 3 atom stereocenters. The van der Waals surface area contributed by atoms with Gasteiger partial charge in [-0.2, -0.15) is 0 Å². The summed E-state index contributed by atoms with van der Waals surface area (Å²) in [5, 5.41) is 12.3. The Kier molecular flexibility index (Phi) is 8.07. The van der Waals surface area contributed by atoms with Crippen molar-refractivity contribution in [1.82, 2.24) is 30.1 Å². The van der Waals surface area contributed by atoms with Crippen LogP contribution >= 0.6 is 11.3 Å². The Labute approximate surface area is 290 Å². The smallest absolute Gasteiger partial charge is 0.250 e. The number of aromatic nitrogens is 6. The molecule has 0 bridgehead atoms. The minimum Gasteiger partial charge on any atom is -0.421 e. The molecule has 49 heavy (non-hydrogen) atoms. The second kappa shape index (κ2) is 12.2. The van der Waals surface area contributed by atoms with Gasteiger partial charge in [-0.05, 0) is 81.9 Å². The summed E-state index contributed by atoms with van der Waals surface area (Å²) in [4.78, 5) is 20.1. The van der Waals surface area contributed by atoms with Crippen molar-refractivity contribution < 1.29 is 17.6 Å². The highest BCUT2D eigenvalue weighted by atomic mass is 32.2. The summed E-state index contributed by atoms with van der Waals surface area (Å²) in [5.74, 6) is 1.74. The lowest BCUT2D eigenvalue weighted by atomic mass is 9.84. The molecular weight excluding hydrogens is 659 g/mol. The molecule has 1 saturated heterocycles. The van der Waals surface area contributed by atoms with Gasteiger partial charge in [0.05, 0.1) is 49.5 Å². The third kappa shape index (κ3) is 5.93. The quantitative estimate of drug-likeness (QED) is 0.174. The monoisotopic (exact) mass is 699 g/mol. The molecule has 0 saturated carbocycles. The van der Waals surface area contributed by atoms with Gasteiger partial charge in [-0.3, -0.25) is 9.97 Å². The van der Waals surface area contributed by atoms with Crippen molar-refractivity contribution in [1.29, 1.82) is 0 Å². The van der Waals surface area contributed by atoms with Crippen LogP contribution in [-0.4, -0.2) is 56.5 Å². The van der Waals surface area contributed by atoms with E-state index in [0.717, 1.165) is 65.2 Å². The molecule has 0 radical (unpaired) electrons. The Balaban J connectivity index is 1.30. The van der Waals surface area contributed by atoms with Crippen LogP contribution in [-0.2, 0) is 27.4 Å². The minimum absolute atomic E-state index is 0.0204. The van der Waals surface area contributed by atoms with Gasteiger partial charge in [0.25, 0.3) is 0 Å². The average molecular weight is 700 g/mol. The number of aryl methyl sites for hydroxylation is 3. The Morgan fingerprint density at radius 3 is 2.76 bits per heavy atom. The van der Waals surface area contributed by atoms with Crippen LogP contribution in [0.3, 0.4) is 0 Å². The van der Waals surface area contributed by atoms with Crippen molar-refractivity contribution in [3.63, 3.8) is 0 Å². The zero-order chi connectivity index (χ0) is 34.1. The lowest BCUT2D eigenvalue weighted by molar-refractivity contribution is -0.0734. The number of hydrogen-bond acceptors (Lipinski definition) is 12.